The zero-order valence-corrected chi connectivity index (χ0v) is 15.6. The maximum absolute atomic E-state index is 14.2. The van der Waals surface area contributed by atoms with Gasteiger partial charge in [-0.2, -0.15) is 13.2 Å². The van der Waals surface area contributed by atoms with Crippen LogP contribution in [0, 0.1) is 5.82 Å². The zero-order valence-electron chi connectivity index (χ0n) is 14.8. The van der Waals surface area contributed by atoms with E-state index < -0.39 is 30.0 Å². The molecule has 3 rings (SSSR count). The third-order valence-electron chi connectivity index (χ3n) is 3.78. The maximum Gasteiger partial charge on any atom is 0.405 e. The number of carbonyl (C=O) groups is 1. The third kappa shape index (κ3) is 4.53. The number of rotatable bonds is 5. The third-order valence-corrected chi connectivity index (χ3v) is 4.57. The summed E-state index contributed by atoms with van der Waals surface area (Å²) in [6, 6.07) is 5.29. The van der Waals surface area contributed by atoms with Gasteiger partial charge in [0.05, 0.1) is 21.9 Å². The summed E-state index contributed by atoms with van der Waals surface area (Å²) in [6.07, 6.45) is -3.61. The molecule has 2 aromatic heterocycles. The number of fused-ring (bicyclic) bond motifs is 1. The van der Waals surface area contributed by atoms with Crippen LogP contribution in [0.15, 0.2) is 29.9 Å². The van der Waals surface area contributed by atoms with E-state index in [0.717, 1.165) is 16.4 Å². The number of nitrogens with zero attached hydrogens (tertiary/aromatic N) is 3. The Morgan fingerprint density at radius 2 is 2.00 bits per heavy atom. The largest absolute Gasteiger partial charge is 0.405 e. The lowest BCUT2D eigenvalue weighted by Gasteiger charge is -2.26. The van der Waals surface area contributed by atoms with Gasteiger partial charge < -0.3 is 10.6 Å². The van der Waals surface area contributed by atoms with E-state index in [1.54, 1.807) is 29.0 Å². The second kappa shape index (κ2) is 7.30. The van der Waals surface area contributed by atoms with Crippen LogP contribution >= 0.6 is 11.3 Å². The number of halogens is 4. The van der Waals surface area contributed by atoms with E-state index in [1.165, 1.54) is 25.2 Å². The van der Waals surface area contributed by atoms with E-state index in [2.05, 4.69) is 20.3 Å². The van der Waals surface area contributed by atoms with Crippen LogP contribution < -0.4 is 10.6 Å². The molecule has 1 aromatic carbocycles. The Morgan fingerprint density at radius 3 is 2.71 bits per heavy atom. The molecule has 0 fully saturated rings. The van der Waals surface area contributed by atoms with Gasteiger partial charge in [-0.1, -0.05) is 0 Å². The van der Waals surface area contributed by atoms with Gasteiger partial charge in [-0.3, -0.25) is 4.79 Å². The van der Waals surface area contributed by atoms with E-state index in [-0.39, 0.29) is 13.1 Å². The number of amides is 1. The number of hydrogen-bond acceptors (Lipinski definition) is 6. The van der Waals surface area contributed by atoms with Gasteiger partial charge in [0.2, 0.25) is 5.91 Å². The molecule has 2 heterocycles. The molecule has 0 aliphatic heterocycles. The molecule has 3 aromatic rings. The van der Waals surface area contributed by atoms with Gasteiger partial charge in [-0.25, -0.2) is 19.3 Å². The monoisotopic (exact) mass is 415 g/mol. The molecule has 0 saturated heterocycles. The Labute approximate surface area is 162 Å². The summed E-state index contributed by atoms with van der Waals surface area (Å²) in [7, 11) is 0. The van der Waals surface area contributed by atoms with Crippen molar-refractivity contribution in [1.29, 1.82) is 0 Å². The summed E-state index contributed by atoms with van der Waals surface area (Å²) in [5, 5.41) is 4.32. The minimum atomic E-state index is -4.55. The predicted molar refractivity (Wildman–Crippen MR) is 99.5 cm³/mol. The Bertz CT molecular complexity index is 1020. The van der Waals surface area contributed by atoms with Crippen molar-refractivity contribution < 1.29 is 23.8 Å². The fourth-order valence-electron chi connectivity index (χ4n) is 2.34. The Balaban J connectivity index is 0.00000300. The van der Waals surface area contributed by atoms with Crippen LogP contribution in [0.1, 0.15) is 15.3 Å². The van der Waals surface area contributed by atoms with E-state index in [9.17, 15) is 22.4 Å². The highest BCUT2D eigenvalue weighted by atomic mass is 32.1. The fraction of sp³-hybridized carbons (Fsp3) is 0.294. The summed E-state index contributed by atoms with van der Waals surface area (Å²) in [6.45, 7) is 1.16. The molecular formula is C17H17F4N5OS. The van der Waals surface area contributed by atoms with Gasteiger partial charge in [0, 0.05) is 6.99 Å². The number of hydrogen-bond donors (Lipinski definition) is 2. The second-order valence-corrected chi connectivity index (χ2v) is 7.36. The first-order valence-electron chi connectivity index (χ1n) is 8.04. The molecule has 6 nitrogen and oxygen atoms in total. The van der Waals surface area contributed by atoms with E-state index in [1.807, 2.05) is 0 Å². The minimum absolute atomic E-state index is 0. The van der Waals surface area contributed by atoms with Crippen LogP contribution in [0.25, 0.3) is 21.6 Å². The van der Waals surface area contributed by atoms with Crippen LogP contribution in [-0.4, -0.2) is 39.1 Å². The van der Waals surface area contributed by atoms with Crippen molar-refractivity contribution in [3.8, 4) is 11.4 Å². The highest BCUT2D eigenvalue weighted by Crippen LogP contribution is 2.26. The molecular weight excluding hydrogens is 398 g/mol. The Morgan fingerprint density at radius 1 is 1.25 bits per heavy atom. The first kappa shape index (κ1) is 19.9. The smallest absolute Gasteiger partial charge is 0.354 e. The number of alkyl halides is 3. The molecule has 0 saturated carbocycles. The number of nitrogens with one attached hydrogen (secondary N) is 2. The molecule has 0 aliphatic carbocycles. The van der Waals surface area contributed by atoms with Crippen LogP contribution in [0.3, 0.4) is 0 Å². The van der Waals surface area contributed by atoms with Gasteiger partial charge in [0.15, 0.2) is 17.5 Å². The molecule has 28 heavy (non-hydrogen) atoms. The Kier molecular flexibility index (Phi) is 5.20. The van der Waals surface area contributed by atoms with Crippen LogP contribution in [0.2, 0.25) is 0 Å². The van der Waals surface area contributed by atoms with Crippen molar-refractivity contribution in [1.82, 2.24) is 20.3 Å². The van der Waals surface area contributed by atoms with Crippen molar-refractivity contribution in [3.63, 3.8) is 0 Å². The SMILES string of the molecule is CC(C)(Nc1nc(-c2ccc3ncsc3c2)ncc1F)C(=O)NCC(F)(F)F.[HH]. The van der Waals surface area contributed by atoms with Gasteiger partial charge in [0.1, 0.15) is 12.1 Å². The van der Waals surface area contributed by atoms with Crippen LogP contribution in [-0.2, 0) is 4.79 Å². The topological polar surface area (TPSA) is 79.8 Å². The molecule has 2 N–H and O–H groups in total. The van der Waals surface area contributed by atoms with Gasteiger partial charge in [-0.15, -0.1) is 11.3 Å². The lowest BCUT2D eigenvalue weighted by Crippen LogP contribution is -2.50. The highest BCUT2D eigenvalue weighted by molar-refractivity contribution is 7.16. The van der Waals surface area contributed by atoms with Crippen molar-refractivity contribution in [2.24, 2.45) is 0 Å². The molecule has 11 heteroatoms. The standard InChI is InChI=1S/C17H15F4N5OS.H2/c1-16(2,15(27)23-7-17(19,20)21)26-14-10(18)6-22-13(25-14)9-3-4-11-12(5-9)28-8-24-11;/h3-6,8H,7H2,1-2H3,(H,23,27)(H,22,25,26);1H. The maximum atomic E-state index is 14.2. The number of benzene rings is 1. The number of carbonyl (C=O) groups excluding carboxylic acids is 1. The van der Waals surface area contributed by atoms with E-state index in [0.29, 0.717) is 5.56 Å². The Hall–Kier alpha value is -2.82. The zero-order chi connectivity index (χ0) is 20.5. The lowest BCUT2D eigenvalue weighted by molar-refractivity contribution is -0.140. The van der Waals surface area contributed by atoms with Gasteiger partial charge >= 0.3 is 6.18 Å². The van der Waals surface area contributed by atoms with Crippen LogP contribution in [0.5, 0.6) is 0 Å². The number of aromatic nitrogens is 3. The number of thiazole rings is 1. The first-order chi connectivity index (χ1) is 13.0. The molecule has 150 valence electrons. The highest BCUT2D eigenvalue weighted by Gasteiger charge is 2.33. The second-order valence-electron chi connectivity index (χ2n) is 6.47. The summed E-state index contributed by atoms with van der Waals surface area (Å²) in [5.41, 5.74) is 1.56. The van der Waals surface area contributed by atoms with Crippen molar-refractivity contribution in [2.75, 3.05) is 11.9 Å². The van der Waals surface area contributed by atoms with Crippen LogP contribution in [0.4, 0.5) is 23.4 Å². The summed E-state index contributed by atoms with van der Waals surface area (Å²) in [4.78, 5) is 24.3. The van der Waals surface area contributed by atoms with Gasteiger partial charge in [-0.05, 0) is 32.0 Å². The molecule has 0 radical (unpaired) electrons. The molecule has 0 aliphatic rings. The summed E-state index contributed by atoms with van der Waals surface area (Å²) < 4.78 is 52.0. The molecule has 0 atom stereocenters. The lowest BCUT2D eigenvalue weighted by atomic mass is 10.0. The number of anilines is 1. The fourth-order valence-corrected chi connectivity index (χ4v) is 3.06. The molecule has 0 bridgehead atoms. The van der Waals surface area contributed by atoms with Gasteiger partial charge in [0.25, 0.3) is 0 Å². The minimum Gasteiger partial charge on any atom is -0.354 e. The molecule has 0 spiro atoms. The van der Waals surface area contributed by atoms with Crippen molar-refractivity contribution in [3.05, 3.63) is 35.7 Å². The summed E-state index contributed by atoms with van der Waals surface area (Å²) >= 11 is 1.42. The first-order valence-corrected chi connectivity index (χ1v) is 8.92. The average molecular weight is 415 g/mol. The van der Waals surface area contributed by atoms with Crippen molar-refractivity contribution >= 4 is 33.3 Å². The predicted octanol–water partition coefficient (Wildman–Crippen LogP) is 4.01. The molecule has 1 amide bonds. The summed E-state index contributed by atoms with van der Waals surface area (Å²) in [5.74, 6) is -1.87. The normalized spacial score (nSPS) is 12.2. The molecule has 0 unspecified atom stereocenters. The average Bonchev–Trinajstić information content (AvgIpc) is 3.08. The van der Waals surface area contributed by atoms with Crippen molar-refractivity contribution in [2.45, 2.75) is 25.6 Å². The van der Waals surface area contributed by atoms with E-state index >= 15 is 0 Å². The van der Waals surface area contributed by atoms with E-state index in [4.69, 9.17) is 0 Å². The quantitative estimate of drug-likeness (QED) is 0.616.